The number of amides is 3. The molecule has 3 fully saturated rings. The van der Waals surface area contributed by atoms with E-state index in [0.717, 1.165) is 29.4 Å². The van der Waals surface area contributed by atoms with Gasteiger partial charge >= 0.3 is 12.3 Å². The quantitative estimate of drug-likeness (QED) is 0.540. The molecule has 13 heteroatoms. The third-order valence-corrected chi connectivity index (χ3v) is 8.41. The van der Waals surface area contributed by atoms with Gasteiger partial charge in [0.05, 0.1) is 22.8 Å². The van der Waals surface area contributed by atoms with Gasteiger partial charge in [0.1, 0.15) is 11.6 Å². The number of carbonyl (C=O) groups is 3. The van der Waals surface area contributed by atoms with Crippen molar-refractivity contribution in [3.8, 4) is 0 Å². The van der Waals surface area contributed by atoms with Crippen molar-refractivity contribution in [2.75, 3.05) is 44.2 Å². The number of halogens is 3. The van der Waals surface area contributed by atoms with Crippen LogP contribution < -0.4 is 10.2 Å². The lowest BCUT2D eigenvalue weighted by Crippen LogP contribution is -2.61. The zero-order chi connectivity index (χ0) is 30.4. The number of rotatable bonds is 4. The number of anilines is 1. The van der Waals surface area contributed by atoms with E-state index in [0.29, 0.717) is 31.7 Å². The third kappa shape index (κ3) is 6.35. The molecule has 4 heterocycles. The minimum absolute atomic E-state index is 0.0870. The standard InChI is InChI=1S/C29H39F3N6O4/c1-28(2,3)42-27(41)38-15-14-37(22(17-38)29(30,31)32)16-18-10-12-36(13-11-18)21-7-5-6-19-24(34-35(4)25(19)21)20-8-9-23(39)33-26(20)40/h5-7,18,20,22H,8-17H2,1-4H3,(H,33,39,40)/t20?,22-/m1/s1. The van der Waals surface area contributed by atoms with Gasteiger partial charge in [-0.05, 0) is 52.0 Å². The molecule has 3 aliphatic rings. The highest BCUT2D eigenvalue weighted by molar-refractivity contribution is 6.03. The second-order valence-electron chi connectivity index (χ2n) is 12.6. The molecule has 5 rings (SSSR count). The van der Waals surface area contributed by atoms with Gasteiger partial charge in [-0.15, -0.1) is 0 Å². The second-order valence-corrected chi connectivity index (χ2v) is 12.6. The molecule has 0 radical (unpaired) electrons. The predicted molar refractivity (Wildman–Crippen MR) is 150 cm³/mol. The van der Waals surface area contributed by atoms with Crippen LogP contribution >= 0.6 is 0 Å². The number of aryl methyl sites for hydroxylation is 1. The highest BCUT2D eigenvalue weighted by Gasteiger charge is 2.48. The number of para-hydroxylation sites is 1. The summed E-state index contributed by atoms with van der Waals surface area (Å²) in [7, 11) is 1.84. The molecule has 3 saturated heterocycles. The zero-order valence-electron chi connectivity index (χ0n) is 24.5. The SMILES string of the molecule is Cn1nc(C2CCC(=O)NC2=O)c2cccc(N3CCC(CN4CCN(C(=O)OC(C)(C)C)C[C@@H]4C(F)(F)F)CC3)c21. The van der Waals surface area contributed by atoms with Gasteiger partial charge in [-0.25, -0.2) is 4.79 Å². The molecule has 10 nitrogen and oxygen atoms in total. The summed E-state index contributed by atoms with van der Waals surface area (Å²) in [5.41, 5.74) is 1.74. The van der Waals surface area contributed by atoms with Crippen LogP contribution in [0, 0.1) is 5.92 Å². The van der Waals surface area contributed by atoms with Crippen molar-refractivity contribution in [1.82, 2.24) is 24.9 Å². The first-order valence-corrected chi connectivity index (χ1v) is 14.5. The molecular weight excluding hydrogens is 553 g/mol. The number of piperidine rings is 2. The van der Waals surface area contributed by atoms with Gasteiger partial charge in [-0.3, -0.25) is 24.5 Å². The Balaban J connectivity index is 1.25. The largest absolute Gasteiger partial charge is 0.444 e. The average Bonchev–Trinajstić information content (AvgIpc) is 3.24. The fourth-order valence-corrected chi connectivity index (χ4v) is 6.34. The first-order chi connectivity index (χ1) is 19.7. The number of ether oxygens (including phenoxy) is 1. The van der Waals surface area contributed by atoms with Gasteiger partial charge in [-0.1, -0.05) is 12.1 Å². The van der Waals surface area contributed by atoms with E-state index in [4.69, 9.17) is 4.74 Å². The summed E-state index contributed by atoms with van der Waals surface area (Å²) in [4.78, 5) is 41.5. The van der Waals surface area contributed by atoms with E-state index in [1.165, 1.54) is 9.80 Å². The van der Waals surface area contributed by atoms with Crippen molar-refractivity contribution in [1.29, 1.82) is 0 Å². The maximum absolute atomic E-state index is 14.1. The first-order valence-electron chi connectivity index (χ1n) is 14.5. The van der Waals surface area contributed by atoms with Crippen LogP contribution in [0.15, 0.2) is 18.2 Å². The average molecular weight is 593 g/mol. The molecule has 42 heavy (non-hydrogen) atoms. The summed E-state index contributed by atoms with van der Waals surface area (Å²) >= 11 is 0. The van der Waals surface area contributed by atoms with Gasteiger partial charge in [0.25, 0.3) is 0 Å². The molecule has 0 spiro atoms. The summed E-state index contributed by atoms with van der Waals surface area (Å²) in [6, 6.07) is 4.14. The highest BCUT2D eigenvalue weighted by atomic mass is 19.4. The molecule has 1 aromatic carbocycles. The van der Waals surface area contributed by atoms with Crippen molar-refractivity contribution in [2.24, 2.45) is 13.0 Å². The number of imide groups is 1. The number of fused-ring (bicyclic) bond motifs is 1. The van der Waals surface area contributed by atoms with Crippen molar-refractivity contribution in [3.63, 3.8) is 0 Å². The van der Waals surface area contributed by atoms with Crippen molar-refractivity contribution in [3.05, 3.63) is 23.9 Å². The second kappa shape index (κ2) is 11.4. The Labute approximate surface area is 243 Å². The monoisotopic (exact) mass is 592 g/mol. The Kier molecular flexibility index (Phi) is 8.16. The normalized spacial score (nSPS) is 23.4. The van der Waals surface area contributed by atoms with Crippen LogP contribution in [0.5, 0.6) is 0 Å². The van der Waals surface area contributed by atoms with E-state index < -0.39 is 36.4 Å². The first kappa shape index (κ1) is 30.1. The smallest absolute Gasteiger partial charge is 0.410 e. The Morgan fingerprint density at radius 3 is 2.43 bits per heavy atom. The number of benzene rings is 1. The van der Waals surface area contributed by atoms with E-state index in [1.54, 1.807) is 25.5 Å². The number of nitrogens with one attached hydrogen (secondary N) is 1. The Hall–Kier alpha value is -3.35. The van der Waals surface area contributed by atoms with E-state index in [-0.39, 0.29) is 37.2 Å². The van der Waals surface area contributed by atoms with Gasteiger partial charge in [-0.2, -0.15) is 18.3 Å². The Morgan fingerprint density at radius 2 is 1.79 bits per heavy atom. The topological polar surface area (TPSA) is 100 Å². The van der Waals surface area contributed by atoms with Crippen LogP contribution in [0.1, 0.15) is 58.1 Å². The molecule has 0 saturated carbocycles. The van der Waals surface area contributed by atoms with E-state index >= 15 is 0 Å². The van der Waals surface area contributed by atoms with E-state index in [9.17, 15) is 27.6 Å². The maximum atomic E-state index is 14.1. The number of aromatic nitrogens is 2. The van der Waals surface area contributed by atoms with Crippen LogP contribution in [0.25, 0.3) is 10.9 Å². The van der Waals surface area contributed by atoms with E-state index in [1.807, 2.05) is 25.2 Å². The van der Waals surface area contributed by atoms with E-state index in [2.05, 4.69) is 15.3 Å². The summed E-state index contributed by atoms with van der Waals surface area (Å²) in [5.74, 6) is -1.01. The van der Waals surface area contributed by atoms with Gasteiger partial charge in [0, 0.05) is 58.1 Å². The maximum Gasteiger partial charge on any atom is 0.410 e. The summed E-state index contributed by atoms with van der Waals surface area (Å²) < 4.78 is 49.4. The number of alkyl halides is 3. The lowest BCUT2D eigenvalue weighted by atomic mass is 9.92. The van der Waals surface area contributed by atoms with Crippen LogP contribution in [0.2, 0.25) is 0 Å². The van der Waals surface area contributed by atoms with Crippen molar-refractivity contribution < 1.29 is 32.3 Å². The van der Waals surface area contributed by atoms with Gasteiger partial charge in [0.15, 0.2) is 0 Å². The highest BCUT2D eigenvalue weighted by Crippen LogP contribution is 2.37. The third-order valence-electron chi connectivity index (χ3n) is 8.41. The minimum Gasteiger partial charge on any atom is -0.444 e. The molecule has 0 bridgehead atoms. The molecule has 2 atom stereocenters. The van der Waals surface area contributed by atoms with Crippen molar-refractivity contribution >= 4 is 34.5 Å². The molecule has 1 unspecified atom stereocenters. The molecule has 1 aromatic heterocycles. The van der Waals surface area contributed by atoms with Gasteiger partial charge in [0.2, 0.25) is 11.8 Å². The van der Waals surface area contributed by atoms with Crippen molar-refractivity contribution in [2.45, 2.75) is 70.2 Å². The number of carbonyl (C=O) groups excluding carboxylic acids is 3. The van der Waals surface area contributed by atoms with Crippen LogP contribution in [0.4, 0.5) is 23.7 Å². The summed E-state index contributed by atoms with van der Waals surface area (Å²) in [5, 5.41) is 7.95. The molecule has 3 aliphatic heterocycles. The number of hydrogen-bond donors (Lipinski definition) is 1. The van der Waals surface area contributed by atoms with Crippen LogP contribution in [-0.4, -0.2) is 94.6 Å². The van der Waals surface area contributed by atoms with Crippen LogP contribution in [-0.2, 0) is 21.4 Å². The fourth-order valence-electron chi connectivity index (χ4n) is 6.34. The Morgan fingerprint density at radius 1 is 1.07 bits per heavy atom. The summed E-state index contributed by atoms with van der Waals surface area (Å²) in [6.45, 7) is 6.65. The number of nitrogens with zero attached hydrogens (tertiary/aromatic N) is 5. The van der Waals surface area contributed by atoms with Crippen LogP contribution in [0.3, 0.4) is 0 Å². The molecule has 230 valence electrons. The predicted octanol–water partition coefficient (Wildman–Crippen LogP) is 3.79. The molecule has 2 aromatic rings. The molecule has 1 N–H and O–H groups in total. The summed E-state index contributed by atoms with van der Waals surface area (Å²) in [6.07, 6.45) is -3.04. The number of hydrogen-bond acceptors (Lipinski definition) is 7. The molecule has 3 amide bonds. The fraction of sp³-hybridized carbons (Fsp3) is 0.655. The molecular formula is C29H39F3N6O4. The Bertz CT molecular complexity index is 1350. The zero-order valence-corrected chi connectivity index (χ0v) is 24.5. The minimum atomic E-state index is -4.46. The lowest BCUT2D eigenvalue weighted by molar-refractivity contribution is -0.197. The van der Waals surface area contributed by atoms with Gasteiger partial charge < -0.3 is 14.5 Å². The lowest BCUT2D eigenvalue weighted by Gasteiger charge is -2.44. The molecule has 0 aliphatic carbocycles. The number of piperazine rings is 1.